The number of hydrogen-bond acceptors (Lipinski definition) is 1. The molecule has 0 amide bonds. The molecule has 0 fully saturated rings. The molecule has 0 bridgehead atoms. The molecule has 0 aliphatic heterocycles. The normalized spacial score (nSPS) is 12.7. The third-order valence-corrected chi connectivity index (χ3v) is 3.57. The maximum Gasteiger partial charge on any atom is 0.129 e. The topological polar surface area (TPSA) is 12.0 Å². The van der Waals surface area contributed by atoms with Crippen LogP contribution in [-0.2, 0) is 0 Å². The molecule has 18 heavy (non-hydrogen) atoms. The molecule has 0 aromatic heterocycles. The summed E-state index contributed by atoms with van der Waals surface area (Å²) in [4.78, 5) is 0. The molecule has 1 atom stereocenters. The van der Waals surface area contributed by atoms with E-state index in [4.69, 9.17) is 0 Å². The van der Waals surface area contributed by atoms with Crippen LogP contribution in [0, 0.1) is 5.82 Å². The van der Waals surface area contributed by atoms with Crippen LogP contribution in [0.5, 0.6) is 0 Å². The molecule has 1 aromatic carbocycles. The minimum Gasteiger partial charge on any atom is -0.310 e. The van der Waals surface area contributed by atoms with Crippen molar-refractivity contribution in [1.82, 2.24) is 5.32 Å². The average Bonchev–Trinajstić information content (AvgIpc) is 2.34. The number of nitrogens with one attached hydrogen (secondary N) is 1. The van der Waals surface area contributed by atoms with Crippen molar-refractivity contribution in [3.8, 4) is 0 Å². The lowest BCUT2D eigenvalue weighted by atomic mass is 10.00. The van der Waals surface area contributed by atoms with E-state index in [1.54, 1.807) is 6.07 Å². The van der Waals surface area contributed by atoms with Gasteiger partial charge in [0.05, 0.1) is 0 Å². The van der Waals surface area contributed by atoms with Gasteiger partial charge in [-0.3, -0.25) is 0 Å². The SMILES string of the molecule is CCCCCC(NCCC)c1ccc(Br)cc1F. The van der Waals surface area contributed by atoms with Gasteiger partial charge in [0.1, 0.15) is 5.82 Å². The lowest BCUT2D eigenvalue weighted by Crippen LogP contribution is -2.23. The van der Waals surface area contributed by atoms with E-state index >= 15 is 0 Å². The lowest BCUT2D eigenvalue weighted by Gasteiger charge is -2.19. The second-order valence-corrected chi connectivity index (χ2v) is 5.58. The van der Waals surface area contributed by atoms with Gasteiger partial charge in [-0.2, -0.15) is 0 Å². The predicted molar refractivity (Wildman–Crippen MR) is 79.3 cm³/mol. The number of unbranched alkanes of at least 4 members (excludes halogenated alkanes) is 2. The summed E-state index contributed by atoms with van der Waals surface area (Å²) in [7, 11) is 0. The second-order valence-electron chi connectivity index (χ2n) is 4.67. The van der Waals surface area contributed by atoms with Crippen molar-refractivity contribution in [2.24, 2.45) is 0 Å². The number of halogens is 2. The summed E-state index contributed by atoms with van der Waals surface area (Å²) in [6, 6.07) is 5.50. The van der Waals surface area contributed by atoms with Crippen molar-refractivity contribution < 1.29 is 4.39 Å². The molecule has 0 heterocycles. The highest BCUT2D eigenvalue weighted by Crippen LogP contribution is 2.25. The van der Waals surface area contributed by atoms with E-state index in [1.165, 1.54) is 12.8 Å². The Morgan fingerprint density at radius 2 is 2.00 bits per heavy atom. The Hall–Kier alpha value is -0.410. The summed E-state index contributed by atoms with van der Waals surface area (Å²) in [6.45, 7) is 5.26. The average molecular weight is 316 g/mol. The van der Waals surface area contributed by atoms with Gasteiger partial charge in [-0.1, -0.05) is 55.1 Å². The molecular weight excluding hydrogens is 293 g/mol. The molecule has 3 heteroatoms. The van der Waals surface area contributed by atoms with Crippen LogP contribution >= 0.6 is 15.9 Å². The van der Waals surface area contributed by atoms with Crippen molar-refractivity contribution in [2.75, 3.05) is 6.54 Å². The first-order valence-corrected chi connectivity index (χ1v) is 7.66. The van der Waals surface area contributed by atoms with E-state index in [0.717, 1.165) is 35.8 Å². The van der Waals surface area contributed by atoms with Gasteiger partial charge in [-0.05, 0) is 31.5 Å². The quantitative estimate of drug-likeness (QED) is 0.649. The standard InChI is InChI=1S/C15H23BrFN/c1-3-5-6-7-15(18-10-4-2)13-9-8-12(16)11-14(13)17/h8-9,11,15,18H,3-7,10H2,1-2H3. The van der Waals surface area contributed by atoms with Crippen LogP contribution in [0.15, 0.2) is 22.7 Å². The monoisotopic (exact) mass is 315 g/mol. The zero-order chi connectivity index (χ0) is 13.4. The van der Waals surface area contributed by atoms with Crippen molar-refractivity contribution >= 4 is 15.9 Å². The van der Waals surface area contributed by atoms with Crippen LogP contribution in [0.4, 0.5) is 4.39 Å². The lowest BCUT2D eigenvalue weighted by molar-refractivity contribution is 0.454. The molecule has 1 aromatic rings. The first-order chi connectivity index (χ1) is 8.69. The maximum atomic E-state index is 14.0. The first kappa shape index (κ1) is 15.6. The van der Waals surface area contributed by atoms with Gasteiger partial charge < -0.3 is 5.32 Å². The fourth-order valence-corrected chi connectivity index (χ4v) is 2.40. The summed E-state index contributed by atoms with van der Waals surface area (Å²) in [5, 5.41) is 3.45. The third kappa shape index (κ3) is 5.07. The first-order valence-electron chi connectivity index (χ1n) is 6.87. The largest absolute Gasteiger partial charge is 0.310 e. The fraction of sp³-hybridized carbons (Fsp3) is 0.600. The maximum absolute atomic E-state index is 14.0. The molecule has 102 valence electrons. The summed E-state index contributed by atoms with van der Waals surface area (Å²) in [5.74, 6) is -0.116. The minimum atomic E-state index is -0.116. The molecular formula is C15H23BrFN. The van der Waals surface area contributed by atoms with Crippen LogP contribution in [0.2, 0.25) is 0 Å². The molecule has 0 saturated carbocycles. The highest BCUT2D eigenvalue weighted by Gasteiger charge is 2.14. The molecule has 1 unspecified atom stereocenters. The Kier molecular flexibility index (Phi) is 7.52. The Labute approximate surface area is 118 Å². The smallest absolute Gasteiger partial charge is 0.129 e. The van der Waals surface area contributed by atoms with Gasteiger partial charge in [-0.25, -0.2) is 4.39 Å². The van der Waals surface area contributed by atoms with E-state index in [-0.39, 0.29) is 11.9 Å². The van der Waals surface area contributed by atoms with Gasteiger partial charge in [-0.15, -0.1) is 0 Å². The molecule has 0 aliphatic carbocycles. The van der Waals surface area contributed by atoms with Gasteiger partial charge in [0.2, 0.25) is 0 Å². The molecule has 0 saturated heterocycles. The molecule has 0 spiro atoms. The van der Waals surface area contributed by atoms with Crippen LogP contribution in [0.3, 0.4) is 0 Å². The van der Waals surface area contributed by atoms with Crippen molar-refractivity contribution in [3.05, 3.63) is 34.1 Å². The summed E-state index contributed by atoms with van der Waals surface area (Å²) < 4.78 is 14.8. The summed E-state index contributed by atoms with van der Waals surface area (Å²) >= 11 is 3.30. The van der Waals surface area contributed by atoms with E-state index in [1.807, 2.05) is 12.1 Å². The van der Waals surface area contributed by atoms with Crippen LogP contribution < -0.4 is 5.32 Å². The highest BCUT2D eigenvalue weighted by molar-refractivity contribution is 9.10. The van der Waals surface area contributed by atoms with Crippen LogP contribution in [0.25, 0.3) is 0 Å². The Morgan fingerprint density at radius 3 is 2.61 bits per heavy atom. The zero-order valence-electron chi connectivity index (χ0n) is 11.3. The van der Waals surface area contributed by atoms with Gasteiger partial charge >= 0.3 is 0 Å². The van der Waals surface area contributed by atoms with E-state index < -0.39 is 0 Å². The van der Waals surface area contributed by atoms with Crippen molar-refractivity contribution in [2.45, 2.75) is 52.0 Å². The Morgan fingerprint density at radius 1 is 1.22 bits per heavy atom. The number of hydrogen-bond donors (Lipinski definition) is 1. The molecule has 1 nitrogen and oxygen atoms in total. The second kappa shape index (κ2) is 8.65. The molecule has 1 rings (SSSR count). The van der Waals surface area contributed by atoms with E-state index in [9.17, 15) is 4.39 Å². The fourth-order valence-electron chi connectivity index (χ4n) is 2.07. The van der Waals surface area contributed by atoms with Crippen LogP contribution in [0.1, 0.15) is 57.6 Å². The highest BCUT2D eigenvalue weighted by atomic mass is 79.9. The Balaban J connectivity index is 2.73. The van der Waals surface area contributed by atoms with Gasteiger partial charge in [0.15, 0.2) is 0 Å². The van der Waals surface area contributed by atoms with Crippen molar-refractivity contribution in [1.29, 1.82) is 0 Å². The number of rotatable bonds is 8. The Bertz CT molecular complexity index is 354. The van der Waals surface area contributed by atoms with E-state index in [2.05, 4.69) is 35.1 Å². The van der Waals surface area contributed by atoms with Gasteiger partial charge in [0.25, 0.3) is 0 Å². The van der Waals surface area contributed by atoms with Crippen LogP contribution in [-0.4, -0.2) is 6.54 Å². The summed E-state index contributed by atoms with van der Waals surface area (Å²) in [6.07, 6.45) is 5.63. The molecule has 0 aliphatic rings. The predicted octanol–water partition coefficient (Wildman–Crippen LogP) is 5.21. The minimum absolute atomic E-state index is 0.116. The summed E-state index contributed by atoms with van der Waals surface area (Å²) in [5.41, 5.74) is 0.794. The third-order valence-electron chi connectivity index (χ3n) is 3.08. The number of benzene rings is 1. The molecule has 0 radical (unpaired) electrons. The van der Waals surface area contributed by atoms with E-state index in [0.29, 0.717) is 0 Å². The van der Waals surface area contributed by atoms with Gasteiger partial charge in [0, 0.05) is 16.1 Å². The molecule has 1 N–H and O–H groups in total. The zero-order valence-corrected chi connectivity index (χ0v) is 12.9. The van der Waals surface area contributed by atoms with Crippen molar-refractivity contribution in [3.63, 3.8) is 0 Å².